The van der Waals surface area contributed by atoms with Gasteiger partial charge in [-0.1, -0.05) is 23.7 Å². The Morgan fingerprint density at radius 2 is 1.85 bits per heavy atom. The molecular formula is C21H23ClO5. The molecule has 1 saturated heterocycles. The van der Waals surface area contributed by atoms with Gasteiger partial charge in [0.25, 0.3) is 0 Å². The first kappa shape index (κ1) is 19.5. The summed E-state index contributed by atoms with van der Waals surface area (Å²) < 4.78 is 16.9. The maximum absolute atomic E-state index is 11.6. The van der Waals surface area contributed by atoms with Gasteiger partial charge in [0.05, 0.1) is 13.2 Å². The van der Waals surface area contributed by atoms with Crippen LogP contribution < -0.4 is 9.47 Å². The predicted molar refractivity (Wildman–Crippen MR) is 103 cm³/mol. The summed E-state index contributed by atoms with van der Waals surface area (Å²) >= 11 is 5.84. The average Bonchev–Trinajstić information content (AvgIpc) is 3.13. The van der Waals surface area contributed by atoms with E-state index in [1.807, 2.05) is 36.4 Å². The first-order chi connectivity index (χ1) is 13.1. The molecule has 5 nitrogen and oxygen atoms in total. The highest BCUT2D eigenvalue weighted by Crippen LogP contribution is 2.31. The van der Waals surface area contributed by atoms with Gasteiger partial charge < -0.3 is 19.3 Å². The van der Waals surface area contributed by atoms with Crippen LogP contribution in [0.4, 0.5) is 0 Å². The lowest BCUT2D eigenvalue weighted by Gasteiger charge is -2.23. The van der Waals surface area contributed by atoms with Crippen LogP contribution >= 0.6 is 11.6 Å². The third-order valence-electron chi connectivity index (χ3n) is 4.52. The molecule has 0 bridgehead atoms. The van der Waals surface area contributed by atoms with Crippen molar-refractivity contribution in [2.45, 2.75) is 31.3 Å². The smallest absolute Gasteiger partial charge is 0.336 e. The Morgan fingerprint density at radius 3 is 2.52 bits per heavy atom. The number of carboxylic acids is 1. The van der Waals surface area contributed by atoms with Crippen LogP contribution in [0.3, 0.4) is 0 Å². The van der Waals surface area contributed by atoms with Crippen LogP contribution in [-0.4, -0.2) is 36.5 Å². The van der Waals surface area contributed by atoms with Crippen molar-refractivity contribution in [3.63, 3.8) is 0 Å². The van der Waals surface area contributed by atoms with Crippen molar-refractivity contribution >= 4 is 17.6 Å². The second-order valence-electron chi connectivity index (χ2n) is 6.58. The van der Waals surface area contributed by atoms with E-state index in [1.165, 1.54) is 0 Å². The summed E-state index contributed by atoms with van der Waals surface area (Å²) in [5, 5.41) is 10.2. The summed E-state index contributed by atoms with van der Waals surface area (Å²) in [4.78, 5) is 11.6. The lowest BCUT2D eigenvalue weighted by molar-refractivity contribution is -0.159. The van der Waals surface area contributed by atoms with Gasteiger partial charge in [0.1, 0.15) is 11.5 Å². The highest BCUT2D eigenvalue weighted by Gasteiger charge is 2.42. The molecule has 0 radical (unpaired) electrons. The molecule has 27 heavy (non-hydrogen) atoms. The number of rotatable bonds is 9. The molecule has 0 amide bonds. The lowest BCUT2D eigenvalue weighted by Crippen LogP contribution is -2.40. The molecule has 1 heterocycles. The first-order valence-electron chi connectivity index (χ1n) is 9.05. The summed E-state index contributed by atoms with van der Waals surface area (Å²) in [6.07, 6.45) is 2.39. The number of carbonyl (C=O) groups is 1. The molecule has 0 aliphatic carbocycles. The van der Waals surface area contributed by atoms with Crippen LogP contribution in [-0.2, 0) is 16.0 Å². The van der Waals surface area contributed by atoms with Crippen molar-refractivity contribution in [3.8, 4) is 11.5 Å². The van der Waals surface area contributed by atoms with Gasteiger partial charge in [-0.3, -0.25) is 0 Å². The van der Waals surface area contributed by atoms with Crippen molar-refractivity contribution < 1.29 is 24.1 Å². The van der Waals surface area contributed by atoms with E-state index in [9.17, 15) is 9.90 Å². The largest absolute Gasteiger partial charge is 0.493 e. The van der Waals surface area contributed by atoms with E-state index >= 15 is 0 Å². The molecule has 144 valence electrons. The molecule has 1 unspecified atom stereocenters. The first-order valence-corrected chi connectivity index (χ1v) is 9.43. The number of hydrogen-bond acceptors (Lipinski definition) is 4. The fourth-order valence-electron chi connectivity index (χ4n) is 3.13. The Kier molecular flexibility index (Phi) is 6.58. The molecule has 0 spiro atoms. The average molecular weight is 391 g/mol. The molecule has 2 aromatic rings. The van der Waals surface area contributed by atoms with Crippen molar-refractivity contribution in [3.05, 3.63) is 59.1 Å². The van der Waals surface area contributed by atoms with Gasteiger partial charge in [0, 0.05) is 24.5 Å². The van der Waals surface area contributed by atoms with E-state index in [1.54, 1.807) is 12.1 Å². The minimum atomic E-state index is -1.11. The number of hydrogen-bond donors (Lipinski definition) is 1. The van der Waals surface area contributed by atoms with Gasteiger partial charge in [-0.15, -0.1) is 0 Å². The molecular weight excluding hydrogens is 368 g/mol. The summed E-state index contributed by atoms with van der Waals surface area (Å²) in [5.41, 5.74) is -0.209. The Hall–Kier alpha value is -2.24. The molecule has 1 atom stereocenters. The zero-order chi connectivity index (χ0) is 19.1. The standard InChI is InChI=1S/C21H23ClO5/c22-17-6-8-18(9-7-17)25-11-3-12-26-19-5-1-4-16(14-19)15-21(20(23)24)10-2-13-27-21/h1,4-9,14H,2-3,10-13,15H2,(H,23,24). The topological polar surface area (TPSA) is 65.0 Å². The maximum atomic E-state index is 11.6. The summed E-state index contributed by atoms with van der Waals surface area (Å²) in [6.45, 7) is 1.55. The minimum Gasteiger partial charge on any atom is -0.493 e. The van der Waals surface area contributed by atoms with E-state index in [4.69, 9.17) is 25.8 Å². The van der Waals surface area contributed by atoms with Crippen LogP contribution in [0.1, 0.15) is 24.8 Å². The molecule has 1 aliphatic heterocycles. The van der Waals surface area contributed by atoms with Crippen molar-refractivity contribution in [1.29, 1.82) is 0 Å². The molecule has 6 heteroatoms. The minimum absolute atomic E-state index is 0.346. The number of ether oxygens (including phenoxy) is 3. The second-order valence-corrected chi connectivity index (χ2v) is 7.02. The molecule has 2 aromatic carbocycles. The number of aliphatic carboxylic acids is 1. The zero-order valence-corrected chi connectivity index (χ0v) is 15.8. The highest BCUT2D eigenvalue weighted by atomic mass is 35.5. The fourth-order valence-corrected chi connectivity index (χ4v) is 3.25. The third kappa shape index (κ3) is 5.37. The normalized spacial score (nSPS) is 19.0. The lowest BCUT2D eigenvalue weighted by atomic mass is 9.91. The van der Waals surface area contributed by atoms with Gasteiger partial charge in [-0.25, -0.2) is 4.79 Å². The fraction of sp³-hybridized carbons (Fsp3) is 0.381. The summed E-state index contributed by atoms with van der Waals surface area (Å²) in [5.74, 6) is 0.597. The van der Waals surface area contributed by atoms with E-state index in [0.29, 0.717) is 37.7 Å². The van der Waals surface area contributed by atoms with Crippen LogP contribution in [0.25, 0.3) is 0 Å². The van der Waals surface area contributed by atoms with E-state index < -0.39 is 11.6 Å². The van der Waals surface area contributed by atoms with E-state index in [0.717, 1.165) is 29.9 Å². The highest BCUT2D eigenvalue weighted by molar-refractivity contribution is 6.30. The van der Waals surface area contributed by atoms with Gasteiger partial charge in [-0.2, -0.15) is 0 Å². The predicted octanol–water partition coefficient (Wildman–Crippen LogP) is 4.36. The molecule has 0 aromatic heterocycles. The number of halogens is 1. The Balaban J connectivity index is 1.46. The Labute approximate surface area is 163 Å². The molecule has 1 fully saturated rings. The molecule has 1 N–H and O–H groups in total. The molecule has 3 rings (SSSR count). The summed E-state index contributed by atoms with van der Waals surface area (Å²) in [6, 6.07) is 14.8. The maximum Gasteiger partial charge on any atom is 0.336 e. The Bertz CT molecular complexity index is 753. The molecule has 0 saturated carbocycles. The van der Waals surface area contributed by atoms with Crippen LogP contribution in [0.2, 0.25) is 5.02 Å². The van der Waals surface area contributed by atoms with Gasteiger partial charge in [0.2, 0.25) is 0 Å². The van der Waals surface area contributed by atoms with Gasteiger partial charge >= 0.3 is 5.97 Å². The van der Waals surface area contributed by atoms with Crippen molar-refractivity contribution in [2.75, 3.05) is 19.8 Å². The van der Waals surface area contributed by atoms with Crippen molar-refractivity contribution in [1.82, 2.24) is 0 Å². The molecule has 1 aliphatic rings. The van der Waals surface area contributed by atoms with Crippen LogP contribution in [0, 0.1) is 0 Å². The number of benzene rings is 2. The monoisotopic (exact) mass is 390 g/mol. The van der Waals surface area contributed by atoms with Gasteiger partial charge in [0.15, 0.2) is 5.60 Å². The van der Waals surface area contributed by atoms with E-state index in [2.05, 4.69) is 0 Å². The van der Waals surface area contributed by atoms with E-state index in [-0.39, 0.29) is 0 Å². The SMILES string of the molecule is O=C(O)C1(Cc2cccc(OCCCOc3ccc(Cl)cc3)c2)CCCO1. The Morgan fingerprint density at radius 1 is 1.11 bits per heavy atom. The van der Waals surface area contributed by atoms with Crippen LogP contribution in [0.15, 0.2) is 48.5 Å². The quantitative estimate of drug-likeness (QED) is 0.644. The second kappa shape index (κ2) is 9.11. The zero-order valence-electron chi connectivity index (χ0n) is 15.0. The van der Waals surface area contributed by atoms with Crippen LogP contribution in [0.5, 0.6) is 11.5 Å². The third-order valence-corrected chi connectivity index (χ3v) is 4.77. The van der Waals surface area contributed by atoms with Crippen molar-refractivity contribution in [2.24, 2.45) is 0 Å². The number of carboxylic acid groups (broad SMARTS) is 1. The van der Waals surface area contributed by atoms with Gasteiger partial charge in [-0.05, 0) is 54.8 Å². The summed E-state index contributed by atoms with van der Waals surface area (Å²) in [7, 11) is 0.